The number of hydrogen-bond donors (Lipinski definition) is 2. The lowest BCUT2D eigenvalue weighted by molar-refractivity contribution is -0.122. The Balaban J connectivity index is 1.25. The van der Waals surface area contributed by atoms with Crippen molar-refractivity contribution in [3.8, 4) is 10.6 Å². The number of thiazole rings is 1. The maximum Gasteiger partial charge on any atom is 0.237 e. The number of nitrogens with zero attached hydrogens (tertiary/aromatic N) is 1. The van der Waals surface area contributed by atoms with Crippen molar-refractivity contribution < 1.29 is 4.79 Å². The fourth-order valence-corrected chi connectivity index (χ4v) is 5.74. The van der Waals surface area contributed by atoms with E-state index in [4.69, 9.17) is 0 Å². The highest BCUT2D eigenvalue weighted by Crippen LogP contribution is 2.33. The summed E-state index contributed by atoms with van der Waals surface area (Å²) in [5.74, 6) is 0.896. The van der Waals surface area contributed by atoms with Gasteiger partial charge in [-0.05, 0) is 50.7 Å². The molecule has 134 valence electrons. The van der Waals surface area contributed by atoms with Crippen LogP contribution in [-0.4, -0.2) is 29.5 Å². The highest BCUT2D eigenvalue weighted by atomic mass is 32.1. The van der Waals surface area contributed by atoms with Crippen molar-refractivity contribution in [2.75, 3.05) is 6.54 Å². The molecule has 2 N–H and O–H groups in total. The van der Waals surface area contributed by atoms with Gasteiger partial charge in [0.1, 0.15) is 0 Å². The fraction of sp³-hybridized carbons (Fsp3) is 0.579. The predicted octanol–water partition coefficient (Wildman–Crippen LogP) is 3.76. The molecule has 2 aromatic heterocycles. The zero-order valence-electron chi connectivity index (χ0n) is 14.6. The lowest BCUT2D eigenvalue weighted by Crippen LogP contribution is -2.43. The van der Waals surface area contributed by atoms with Gasteiger partial charge in [0.25, 0.3) is 0 Å². The Morgan fingerprint density at radius 1 is 1.36 bits per heavy atom. The van der Waals surface area contributed by atoms with Crippen LogP contribution in [0.25, 0.3) is 10.6 Å². The summed E-state index contributed by atoms with van der Waals surface area (Å²) in [6.45, 7) is 2.74. The normalized spacial score (nSPS) is 25.7. The number of hydrogen-bond acceptors (Lipinski definition) is 5. The number of aryl methyl sites for hydroxylation is 1. The van der Waals surface area contributed by atoms with E-state index >= 15 is 0 Å². The van der Waals surface area contributed by atoms with E-state index in [0.29, 0.717) is 18.5 Å². The number of fused-ring (bicyclic) bond motifs is 1. The second kappa shape index (κ2) is 7.56. The molecule has 0 aromatic carbocycles. The SMILES string of the molecule is Cc1nc(-c2ccc(CCNC(=O)C3CC4CCCCC4N3)s2)cs1. The first kappa shape index (κ1) is 17.2. The number of carbonyl (C=O) groups excluding carboxylic acids is 1. The van der Waals surface area contributed by atoms with Gasteiger partial charge in [-0.1, -0.05) is 12.8 Å². The smallest absolute Gasteiger partial charge is 0.237 e. The minimum atomic E-state index is 0.0185. The molecule has 3 heterocycles. The van der Waals surface area contributed by atoms with Crippen molar-refractivity contribution in [2.45, 2.75) is 57.5 Å². The third-order valence-corrected chi connectivity index (χ3v) is 7.32. The van der Waals surface area contributed by atoms with Gasteiger partial charge >= 0.3 is 0 Å². The van der Waals surface area contributed by atoms with Crippen LogP contribution >= 0.6 is 22.7 Å². The molecule has 1 saturated carbocycles. The summed E-state index contributed by atoms with van der Waals surface area (Å²) in [5, 5.41) is 9.89. The van der Waals surface area contributed by atoms with Gasteiger partial charge in [0.05, 0.1) is 21.6 Å². The van der Waals surface area contributed by atoms with E-state index in [-0.39, 0.29) is 11.9 Å². The Morgan fingerprint density at radius 3 is 3.04 bits per heavy atom. The molecule has 4 rings (SSSR count). The van der Waals surface area contributed by atoms with Crippen molar-refractivity contribution >= 4 is 28.6 Å². The molecular weight excluding hydrogens is 350 g/mol. The van der Waals surface area contributed by atoms with Crippen LogP contribution in [0.1, 0.15) is 42.0 Å². The van der Waals surface area contributed by atoms with Crippen molar-refractivity contribution in [1.29, 1.82) is 0 Å². The summed E-state index contributed by atoms with van der Waals surface area (Å²) >= 11 is 3.46. The maximum absolute atomic E-state index is 12.4. The second-order valence-electron chi connectivity index (χ2n) is 7.16. The molecule has 1 aliphatic heterocycles. The predicted molar refractivity (Wildman–Crippen MR) is 104 cm³/mol. The molecule has 1 saturated heterocycles. The lowest BCUT2D eigenvalue weighted by Gasteiger charge is -2.24. The second-order valence-corrected chi connectivity index (χ2v) is 9.40. The van der Waals surface area contributed by atoms with Crippen molar-refractivity contribution in [3.05, 3.63) is 27.4 Å². The number of carbonyl (C=O) groups is 1. The van der Waals surface area contributed by atoms with Gasteiger partial charge in [0.2, 0.25) is 5.91 Å². The molecule has 2 aromatic rings. The third kappa shape index (κ3) is 3.96. The van der Waals surface area contributed by atoms with Crippen molar-refractivity contribution in [2.24, 2.45) is 5.92 Å². The van der Waals surface area contributed by atoms with Crippen LogP contribution in [0.4, 0.5) is 0 Å². The van der Waals surface area contributed by atoms with E-state index in [1.165, 1.54) is 35.4 Å². The Hall–Kier alpha value is -1.24. The number of rotatable bonds is 5. The van der Waals surface area contributed by atoms with Crippen LogP contribution in [0.15, 0.2) is 17.5 Å². The minimum absolute atomic E-state index is 0.0185. The monoisotopic (exact) mass is 375 g/mol. The topological polar surface area (TPSA) is 54.0 Å². The van der Waals surface area contributed by atoms with Crippen LogP contribution in [0, 0.1) is 12.8 Å². The van der Waals surface area contributed by atoms with Crippen LogP contribution in [0.3, 0.4) is 0 Å². The number of amides is 1. The van der Waals surface area contributed by atoms with Gasteiger partial charge in [-0.15, -0.1) is 22.7 Å². The Labute approximate surface area is 157 Å². The van der Waals surface area contributed by atoms with Gasteiger partial charge < -0.3 is 10.6 Å². The van der Waals surface area contributed by atoms with Crippen LogP contribution in [0.5, 0.6) is 0 Å². The summed E-state index contributed by atoms with van der Waals surface area (Å²) in [6, 6.07) is 4.89. The van der Waals surface area contributed by atoms with E-state index in [1.54, 1.807) is 22.7 Å². The molecule has 25 heavy (non-hydrogen) atoms. The number of nitrogens with one attached hydrogen (secondary N) is 2. The lowest BCUT2D eigenvalue weighted by atomic mass is 9.85. The zero-order chi connectivity index (χ0) is 17.2. The molecule has 6 heteroatoms. The van der Waals surface area contributed by atoms with E-state index in [1.807, 2.05) is 6.92 Å². The van der Waals surface area contributed by atoms with E-state index < -0.39 is 0 Å². The average molecular weight is 376 g/mol. The highest BCUT2D eigenvalue weighted by molar-refractivity contribution is 7.16. The van der Waals surface area contributed by atoms with E-state index in [9.17, 15) is 4.79 Å². The summed E-state index contributed by atoms with van der Waals surface area (Å²) in [7, 11) is 0. The van der Waals surface area contributed by atoms with Crippen molar-refractivity contribution in [3.63, 3.8) is 0 Å². The van der Waals surface area contributed by atoms with Gasteiger partial charge in [-0.25, -0.2) is 4.98 Å². The summed E-state index contributed by atoms with van der Waals surface area (Å²) in [4.78, 5) is 19.5. The standard InChI is InChI=1S/C19H25N3OS2/c1-12-21-17(11-24-12)18-7-6-14(25-18)8-9-20-19(23)16-10-13-4-2-3-5-15(13)22-16/h6-7,11,13,15-16,22H,2-5,8-10H2,1H3,(H,20,23). The van der Waals surface area contributed by atoms with Gasteiger partial charge in [-0.2, -0.15) is 0 Å². The summed E-state index contributed by atoms with van der Waals surface area (Å²) in [6.07, 6.45) is 7.07. The molecule has 1 aliphatic carbocycles. The van der Waals surface area contributed by atoms with Crippen molar-refractivity contribution in [1.82, 2.24) is 15.6 Å². The summed E-state index contributed by atoms with van der Waals surface area (Å²) in [5.41, 5.74) is 1.07. The molecule has 2 aliphatic rings. The number of thiophene rings is 1. The average Bonchev–Trinajstić information content (AvgIpc) is 3.32. The molecule has 2 fully saturated rings. The Morgan fingerprint density at radius 2 is 2.24 bits per heavy atom. The Bertz CT molecular complexity index is 725. The molecule has 0 spiro atoms. The van der Waals surface area contributed by atoms with Crippen LogP contribution in [0.2, 0.25) is 0 Å². The fourth-order valence-electron chi connectivity index (χ4n) is 4.08. The van der Waals surface area contributed by atoms with Gasteiger partial charge in [-0.3, -0.25) is 4.79 Å². The van der Waals surface area contributed by atoms with Gasteiger partial charge in [0.15, 0.2) is 0 Å². The quantitative estimate of drug-likeness (QED) is 0.837. The molecule has 3 unspecified atom stereocenters. The molecule has 1 amide bonds. The van der Waals surface area contributed by atoms with E-state index in [0.717, 1.165) is 23.5 Å². The molecule has 4 nitrogen and oxygen atoms in total. The zero-order valence-corrected chi connectivity index (χ0v) is 16.2. The summed E-state index contributed by atoms with van der Waals surface area (Å²) < 4.78 is 0. The highest BCUT2D eigenvalue weighted by Gasteiger charge is 2.37. The molecule has 0 bridgehead atoms. The molecule has 3 atom stereocenters. The third-order valence-electron chi connectivity index (χ3n) is 5.38. The maximum atomic E-state index is 12.4. The van der Waals surface area contributed by atoms with Crippen LogP contribution < -0.4 is 10.6 Å². The van der Waals surface area contributed by atoms with Gasteiger partial charge in [0, 0.05) is 22.8 Å². The first-order valence-corrected chi connectivity index (χ1v) is 10.9. The Kier molecular flexibility index (Phi) is 5.20. The first-order valence-electron chi connectivity index (χ1n) is 9.24. The number of aromatic nitrogens is 1. The van der Waals surface area contributed by atoms with Crippen LogP contribution in [-0.2, 0) is 11.2 Å². The molecular formula is C19H25N3OS2. The first-order chi connectivity index (χ1) is 12.2. The molecule has 0 radical (unpaired) electrons. The largest absolute Gasteiger partial charge is 0.354 e. The minimum Gasteiger partial charge on any atom is -0.354 e. The van der Waals surface area contributed by atoms with E-state index in [2.05, 4.69) is 33.1 Å².